The van der Waals surface area contributed by atoms with Crippen LogP contribution >= 0.6 is 0 Å². The molecule has 1 aliphatic carbocycles. The zero-order valence-electron chi connectivity index (χ0n) is 18.0. The predicted octanol–water partition coefficient (Wildman–Crippen LogP) is 2.88. The number of nitrogens with zero attached hydrogens (tertiary/aromatic N) is 3. The van der Waals surface area contributed by atoms with E-state index in [1.807, 2.05) is 65.0 Å². The minimum atomic E-state index is -0.705. The number of hydrogen-bond donors (Lipinski definition) is 0. The zero-order valence-corrected chi connectivity index (χ0v) is 18.0. The van der Waals surface area contributed by atoms with Gasteiger partial charge in [-0.05, 0) is 45.4 Å². The van der Waals surface area contributed by atoms with E-state index >= 15 is 0 Å². The topological polar surface area (TPSA) is 67.4 Å². The Balaban J connectivity index is 1.70. The van der Waals surface area contributed by atoms with Crippen LogP contribution in [0.3, 0.4) is 0 Å². The van der Waals surface area contributed by atoms with Crippen LogP contribution in [0.2, 0.25) is 5.31 Å². The van der Waals surface area contributed by atoms with Gasteiger partial charge >= 0.3 is 18.5 Å². The summed E-state index contributed by atoms with van der Waals surface area (Å²) in [4.78, 5) is 26.7. The third-order valence-corrected chi connectivity index (χ3v) is 7.43. The van der Waals surface area contributed by atoms with E-state index in [-0.39, 0.29) is 11.4 Å². The summed E-state index contributed by atoms with van der Waals surface area (Å²) in [7, 11) is -0.594. The van der Waals surface area contributed by atoms with Gasteiger partial charge < -0.3 is 9.31 Å². The van der Waals surface area contributed by atoms with Crippen LogP contribution in [-0.2, 0) is 9.31 Å². The Morgan fingerprint density at radius 1 is 0.900 bits per heavy atom. The molecule has 4 aliphatic rings. The summed E-state index contributed by atoms with van der Waals surface area (Å²) in [6, 6.07) is 8.09. The van der Waals surface area contributed by atoms with E-state index in [2.05, 4.69) is 6.58 Å². The zero-order chi connectivity index (χ0) is 21.6. The molecule has 1 aromatic carbocycles. The lowest BCUT2D eigenvalue weighted by Gasteiger charge is -2.49. The Morgan fingerprint density at radius 2 is 1.47 bits per heavy atom. The minimum absolute atomic E-state index is 0.373. The molecule has 2 aromatic rings. The second kappa shape index (κ2) is 5.77. The van der Waals surface area contributed by atoms with Crippen LogP contribution in [0.4, 0.5) is 0 Å². The van der Waals surface area contributed by atoms with Gasteiger partial charge in [-0.25, -0.2) is 23.5 Å². The molecular formula is C22H26BN3O4. The lowest BCUT2D eigenvalue weighted by Crippen LogP contribution is -2.53. The average molecular weight is 407 g/mol. The quantitative estimate of drug-likeness (QED) is 0.567. The molecule has 156 valence electrons. The second-order valence-electron chi connectivity index (χ2n) is 9.60. The fraction of sp³-hybridized carbons (Fsp3) is 0.455. The first-order valence-electron chi connectivity index (χ1n) is 10.3. The molecular weight excluding hydrogens is 381 g/mol. The van der Waals surface area contributed by atoms with E-state index in [9.17, 15) is 9.59 Å². The molecule has 2 bridgehead atoms. The summed E-state index contributed by atoms with van der Waals surface area (Å²) in [5, 5.41) is -0.705. The van der Waals surface area contributed by atoms with Crippen molar-refractivity contribution in [1.82, 2.24) is 13.9 Å². The van der Waals surface area contributed by atoms with Crippen LogP contribution in [0.1, 0.15) is 46.7 Å². The predicted molar refractivity (Wildman–Crippen MR) is 115 cm³/mol. The summed E-state index contributed by atoms with van der Waals surface area (Å²) < 4.78 is 17.0. The van der Waals surface area contributed by atoms with Crippen LogP contribution in [-0.4, -0.2) is 32.3 Å². The van der Waals surface area contributed by atoms with Crippen molar-refractivity contribution in [1.29, 1.82) is 0 Å². The molecule has 8 heteroatoms. The maximum absolute atomic E-state index is 13.4. The van der Waals surface area contributed by atoms with Crippen molar-refractivity contribution in [3.8, 4) is 5.69 Å². The van der Waals surface area contributed by atoms with Gasteiger partial charge in [0.05, 0.1) is 34.3 Å². The number of hydrogen-bond acceptors (Lipinski definition) is 4. The highest BCUT2D eigenvalue weighted by molar-refractivity contribution is 6.51. The summed E-state index contributed by atoms with van der Waals surface area (Å²) in [5.41, 5.74) is -0.419. The third kappa shape index (κ3) is 2.18. The smallest absolute Gasteiger partial charge is 0.403 e. The van der Waals surface area contributed by atoms with Crippen LogP contribution in [0.15, 0.2) is 64.2 Å². The number of aromatic nitrogens is 3. The van der Waals surface area contributed by atoms with Crippen molar-refractivity contribution in [2.24, 2.45) is 0 Å². The number of rotatable bonds is 2. The Morgan fingerprint density at radius 3 is 2.07 bits per heavy atom. The Bertz CT molecular complexity index is 1190. The number of fused-ring (bicyclic) bond motifs is 1. The summed E-state index contributed by atoms with van der Waals surface area (Å²) >= 11 is 0. The maximum Gasteiger partial charge on any atom is 0.471 e. The summed E-state index contributed by atoms with van der Waals surface area (Å²) in [6.45, 7) is 14.4. The van der Waals surface area contributed by atoms with E-state index in [1.54, 1.807) is 16.8 Å². The lowest BCUT2D eigenvalue weighted by atomic mass is 9.48. The van der Waals surface area contributed by atoms with Gasteiger partial charge in [-0.2, -0.15) is 0 Å². The van der Waals surface area contributed by atoms with Gasteiger partial charge in [0, 0.05) is 0 Å². The SMILES string of the molecule is C=C1C2C=CC(n3c(=O)n(-c4ccccc4)c(=O)n32)C1(C)B1OC(C)(C)C(C)(C)O1. The van der Waals surface area contributed by atoms with E-state index in [0.717, 1.165) is 5.57 Å². The minimum Gasteiger partial charge on any atom is -0.403 e. The molecule has 3 aliphatic heterocycles. The fourth-order valence-electron chi connectivity index (χ4n) is 4.75. The first-order chi connectivity index (χ1) is 14.0. The molecule has 6 rings (SSSR count). The van der Waals surface area contributed by atoms with Gasteiger partial charge in [0.15, 0.2) is 0 Å². The van der Waals surface area contributed by atoms with Gasteiger partial charge in [0.2, 0.25) is 0 Å². The first kappa shape index (κ1) is 19.4. The van der Waals surface area contributed by atoms with Crippen LogP contribution in [0, 0.1) is 0 Å². The van der Waals surface area contributed by atoms with Crippen molar-refractivity contribution >= 4 is 7.12 Å². The standard InChI is InChI=1S/C22H26BN3O4/c1-14-16-12-13-17(22(14,6)23-29-20(2,3)21(4,5)30-23)26-19(28)24(18(27)25(16)26)15-10-8-7-9-11-15/h7-13,16-17H,1H2,2-6H3. The van der Waals surface area contributed by atoms with E-state index in [0.29, 0.717) is 5.69 Å². The number of para-hydroxylation sites is 1. The molecule has 0 amide bonds. The molecule has 0 saturated carbocycles. The van der Waals surface area contributed by atoms with Gasteiger partial charge in [0.25, 0.3) is 0 Å². The highest BCUT2D eigenvalue weighted by Crippen LogP contribution is 2.60. The average Bonchev–Trinajstić information content (AvgIpc) is 3.09. The molecule has 3 atom stereocenters. The molecule has 0 spiro atoms. The second-order valence-corrected chi connectivity index (χ2v) is 9.60. The highest BCUT2D eigenvalue weighted by Gasteiger charge is 2.64. The van der Waals surface area contributed by atoms with E-state index < -0.39 is 35.7 Å². The Labute approximate surface area is 175 Å². The van der Waals surface area contributed by atoms with E-state index in [1.165, 1.54) is 9.25 Å². The maximum atomic E-state index is 13.4. The largest absolute Gasteiger partial charge is 0.471 e. The number of benzene rings is 1. The molecule has 0 radical (unpaired) electrons. The van der Waals surface area contributed by atoms with Crippen LogP contribution < -0.4 is 11.4 Å². The van der Waals surface area contributed by atoms with Crippen molar-refractivity contribution in [3.05, 3.63) is 75.6 Å². The van der Waals surface area contributed by atoms with E-state index in [4.69, 9.17) is 9.31 Å². The molecule has 1 fully saturated rings. The van der Waals surface area contributed by atoms with Crippen molar-refractivity contribution < 1.29 is 9.31 Å². The van der Waals surface area contributed by atoms with Crippen molar-refractivity contribution in [2.75, 3.05) is 0 Å². The first-order valence-corrected chi connectivity index (χ1v) is 10.3. The molecule has 3 unspecified atom stereocenters. The normalized spacial score (nSPS) is 30.7. The highest BCUT2D eigenvalue weighted by atomic mass is 16.7. The van der Waals surface area contributed by atoms with Crippen molar-refractivity contribution in [2.45, 2.75) is 63.2 Å². The summed E-state index contributed by atoms with van der Waals surface area (Å²) in [5.74, 6) is 0. The third-order valence-electron chi connectivity index (χ3n) is 7.43. The van der Waals surface area contributed by atoms with Crippen molar-refractivity contribution in [3.63, 3.8) is 0 Å². The molecule has 30 heavy (non-hydrogen) atoms. The Hall–Kier alpha value is -2.58. The number of allylic oxidation sites excluding steroid dienone is 3. The fourth-order valence-corrected chi connectivity index (χ4v) is 4.75. The molecule has 1 aromatic heterocycles. The molecule has 7 nitrogen and oxygen atoms in total. The lowest BCUT2D eigenvalue weighted by molar-refractivity contribution is 0.00578. The molecule has 4 heterocycles. The van der Waals surface area contributed by atoms with Gasteiger partial charge in [-0.3, -0.25) is 0 Å². The van der Waals surface area contributed by atoms with Crippen LogP contribution in [0.25, 0.3) is 5.69 Å². The van der Waals surface area contributed by atoms with Gasteiger partial charge in [-0.1, -0.05) is 43.9 Å². The Kier molecular flexibility index (Phi) is 3.73. The molecule has 0 N–H and O–H groups in total. The van der Waals surface area contributed by atoms with Crippen LogP contribution in [0.5, 0.6) is 0 Å². The van der Waals surface area contributed by atoms with Gasteiger partial charge in [-0.15, -0.1) is 0 Å². The summed E-state index contributed by atoms with van der Waals surface area (Å²) in [6.07, 6.45) is 3.91. The van der Waals surface area contributed by atoms with Gasteiger partial charge in [0.1, 0.15) is 0 Å². The molecule has 1 saturated heterocycles. The monoisotopic (exact) mass is 407 g/mol.